The molecule has 0 aromatic carbocycles. The maximum Gasteiger partial charge on any atom is 0.120 e. The van der Waals surface area contributed by atoms with E-state index < -0.39 is 0 Å². The van der Waals surface area contributed by atoms with Crippen LogP contribution in [0.1, 0.15) is 37.9 Å². The van der Waals surface area contributed by atoms with Gasteiger partial charge >= 0.3 is 0 Å². The van der Waals surface area contributed by atoms with Crippen molar-refractivity contribution in [2.45, 2.75) is 46.3 Å². The highest BCUT2D eigenvalue weighted by molar-refractivity contribution is 7.98. The van der Waals surface area contributed by atoms with Crippen LogP contribution in [0.2, 0.25) is 0 Å². The lowest BCUT2D eigenvalue weighted by molar-refractivity contribution is 0.300. The van der Waals surface area contributed by atoms with Crippen molar-refractivity contribution in [2.75, 3.05) is 25.6 Å². The number of aryl methyl sites for hydroxylation is 1. The first-order valence-corrected chi connectivity index (χ1v) is 8.22. The van der Waals surface area contributed by atoms with Gasteiger partial charge in [-0.15, -0.1) is 0 Å². The van der Waals surface area contributed by atoms with Crippen LogP contribution in [-0.4, -0.2) is 36.0 Å². The van der Waals surface area contributed by atoms with Crippen LogP contribution in [-0.2, 0) is 13.1 Å². The Balaban J connectivity index is 2.53. The molecule has 1 heterocycles. The molecule has 0 aliphatic rings. The lowest BCUT2D eigenvalue weighted by Gasteiger charge is -2.19. The number of hydrogen-bond donors (Lipinski definition) is 1. The molecule has 0 spiro atoms. The molecule has 3 nitrogen and oxygen atoms in total. The number of hydrogen-bond acceptors (Lipinski definition) is 4. The molecular formula is C15H28N2OS. The number of furan rings is 1. The van der Waals surface area contributed by atoms with Gasteiger partial charge in [-0.3, -0.25) is 4.90 Å². The molecule has 4 heteroatoms. The lowest BCUT2D eigenvalue weighted by atomic mass is 10.1. The van der Waals surface area contributed by atoms with E-state index in [9.17, 15) is 0 Å². The van der Waals surface area contributed by atoms with E-state index >= 15 is 0 Å². The first-order chi connectivity index (χ1) is 8.81. The average Bonchev–Trinajstić information content (AvgIpc) is 2.63. The summed E-state index contributed by atoms with van der Waals surface area (Å²) >= 11 is 1.88. The fourth-order valence-electron chi connectivity index (χ4n) is 1.78. The van der Waals surface area contributed by atoms with Crippen LogP contribution in [0.3, 0.4) is 0 Å². The molecule has 0 atom stereocenters. The zero-order chi connectivity index (χ0) is 14.5. The van der Waals surface area contributed by atoms with Crippen molar-refractivity contribution in [3.8, 4) is 0 Å². The number of rotatable bonds is 7. The van der Waals surface area contributed by atoms with Gasteiger partial charge in [0.15, 0.2) is 0 Å². The normalized spacial score (nSPS) is 12.4. The fourth-order valence-corrected chi connectivity index (χ4v) is 2.28. The van der Waals surface area contributed by atoms with Gasteiger partial charge in [0.1, 0.15) is 11.5 Å². The highest BCUT2D eigenvalue weighted by Gasteiger charge is 2.13. The Hall–Kier alpha value is -0.450. The van der Waals surface area contributed by atoms with Crippen LogP contribution >= 0.6 is 11.8 Å². The summed E-state index contributed by atoms with van der Waals surface area (Å²) in [7, 11) is 2.14. The van der Waals surface area contributed by atoms with Crippen molar-refractivity contribution >= 4 is 11.8 Å². The third kappa shape index (κ3) is 6.50. The van der Waals surface area contributed by atoms with Crippen molar-refractivity contribution < 1.29 is 4.42 Å². The first-order valence-electron chi connectivity index (χ1n) is 6.82. The Morgan fingerprint density at radius 2 is 2.05 bits per heavy atom. The number of nitrogens with zero attached hydrogens (tertiary/aromatic N) is 1. The summed E-state index contributed by atoms with van der Waals surface area (Å²) in [4.78, 5) is 2.30. The molecule has 0 bridgehead atoms. The quantitative estimate of drug-likeness (QED) is 0.832. The van der Waals surface area contributed by atoms with Gasteiger partial charge < -0.3 is 9.73 Å². The van der Waals surface area contributed by atoms with E-state index in [1.165, 1.54) is 5.56 Å². The highest BCUT2D eigenvalue weighted by Crippen LogP contribution is 2.17. The minimum atomic E-state index is 0.120. The summed E-state index contributed by atoms with van der Waals surface area (Å²) in [5, 5.41) is 3.47. The molecule has 0 aliphatic carbocycles. The molecule has 0 fully saturated rings. The molecule has 110 valence electrons. The van der Waals surface area contributed by atoms with Gasteiger partial charge in [-0.05, 0) is 52.6 Å². The molecule has 0 aliphatic heterocycles. The smallest absolute Gasteiger partial charge is 0.120 e. The summed E-state index contributed by atoms with van der Waals surface area (Å²) < 4.78 is 5.95. The Kier molecular flexibility index (Phi) is 6.43. The second-order valence-corrected chi connectivity index (χ2v) is 7.14. The van der Waals surface area contributed by atoms with Crippen LogP contribution in [0, 0.1) is 6.92 Å². The summed E-state index contributed by atoms with van der Waals surface area (Å²) in [5.74, 6) is 3.28. The van der Waals surface area contributed by atoms with Crippen LogP contribution < -0.4 is 5.32 Å². The molecule has 1 N–H and O–H groups in total. The van der Waals surface area contributed by atoms with Gasteiger partial charge in [-0.1, -0.05) is 0 Å². The van der Waals surface area contributed by atoms with Crippen molar-refractivity contribution in [3.05, 3.63) is 23.2 Å². The molecule has 19 heavy (non-hydrogen) atoms. The van der Waals surface area contributed by atoms with Crippen molar-refractivity contribution in [2.24, 2.45) is 0 Å². The zero-order valence-corrected chi connectivity index (χ0v) is 14.0. The molecule has 0 unspecified atom stereocenters. The van der Waals surface area contributed by atoms with E-state index in [2.05, 4.69) is 57.3 Å². The summed E-state index contributed by atoms with van der Waals surface area (Å²) in [6.07, 6.45) is 2.14. The Bertz CT molecular complexity index is 382. The van der Waals surface area contributed by atoms with Gasteiger partial charge in [0, 0.05) is 17.8 Å². The maximum absolute atomic E-state index is 5.95. The monoisotopic (exact) mass is 284 g/mol. The van der Waals surface area contributed by atoms with Gasteiger partial charge in [0.05, 0.1) is 13.1 Å². The van der Waals surface area contributed by atoms with Gasteiger partial charge in [0.25, 0.3) is 0 Å². The zero-order valence-electron chi connectivity index (χ0n) is 13.2. The minimum Gasteiger partial charge on any atom is -0.463 e. The standard InChI is InChI=1S/C15H28N2OS/c1-12-9-13(11-17(5)7-8-19-6)18-14(12)10-16-15(2,3)4/h9,16H,7-8,10-11H2,1-6H3. The molecule has 1 aromatic rings. The van der Waals surface area contributed by atoms with Gasteiger partial charge in [-0.2, -0.15) is 11.8 Å². The van der Waals surface area contributed by atoms with E-state index in [0.29, 0.717) is 0 Å². The molecule has 1 aromatic heterocycles. The minimum absolute atomic E-state index is 0.120. The van der Waals surface area contributed by atoms with E-state index in [-0.39, 0.29) is 5.54 Å². The van der Waals surface area contributed by atoms with Crippen LogP contribution in [0.4, 0.5) is 0 Å². The predicted molar refractivity (Wildman–Crippen MR) is 84.8 cm³/mol. The lowest BCUT2D eigenvalue weighted by Crippen LogP contribution is -2.35. The summed E-state index contributed by atoms with van der Waals surface area (Å²) in [6, 6.07) is 2.16. The Labute approximate surface area is 122 Å². The second kappa shape index (κ2) is 7.36. The van der Waals surface area contributed by atoms with Crippen molar-refractivity contribution in [1.82, 2.24) is 10.2 Å². The highest BCUT2D eigenvalue weighted by atomic mass is 32.2. The van der Waals surface area contributed by atoms with Gasteiger partial charge in [-0.25, -0.2) is 0 Å². The Morgan fingerprint density at radius 1 is 1.37 bits per heavy atom. The second-order valence-electron chi connectivity index (χ2n) is 6.15. The molecule has 1 rings (SSSR count). The predicted octanol–water partition coefficient (Wildman–Crippen LogP) is 3.27. The van der Waals surface area contributed by atoms with E-state index in [4.69, 9.17) is 4.42 Å². The Morgan fingerprint density at radius 3 is 2.63 bits per heavy atom. The summed E-state index contributed by atoms with van der Waals surface area (Å²) in [6.45, 7) is 11.4. The third-order valence-corrected chi connectivity index (χ3v) is 3.54. The number of thioether (sulfide) groups is 1. The molecule has 0 saturated carbocycles. The average molecular weight is 284 g/mol. The third-order valence-electron chi connectivity index (χ3n) is 2.95. The SMILES string of the molecule is CSCCN(C)Cc1cc(C)c(CNC(C)(C)C)o1. The van der Waals surface area contributed by atoms with Crippen LogP contribution in [0.25, 0.3) is 0 Å². The van der Waals surface area contributed by atoms with E-state index in [1.807, 2.05) is 11.8 Å². The van der Waals surface area contributed by atoms with Crippen LogP contribution in [0.5, 0.6) is 0 Å². The fraction of sp³-hybridized carbons (Fsp3) is 0.733. The molecule has 0 radical (unpaired) electrons. The first kappa shape index (κ1) is 16.6. The van der Waals surface area contributed by atoms with Crippen molar-refractivity contribution in [3.63, 3.8) is 0 Å². The van der Waals surface area contributed by atoms with Crippen molar-refractivity contribution in [1.29, 1.82) is 0 Å². The number of nitrogens with one attached hydrogen (secondary N) is 1. The van der Waals surface area contributed by atoms with E-state index in [1.54, 1.807) is 0 Å². The molecule has 0 saturated heterocycles. The maximum atomic E-state index is 5.95. The molecular weight excluding hydrogens is 256 g/mol. The van der Waals surface area contributed by atoms with Crippen LogP contribution in [0.15, 0.2) is 10.5 Å². The summed E-state index contributed by atoms with van der Waals surface area (Å²) in [5.41, 5.74) is 1.36. The van der Waals surface area contributed by atoms with E-state index in [0.717, 1.165) is 36.9 Å². The topological polar surface area (TPSA) is 28.4 Å². The largest absolute Gasteiger partial charge is 0.463 e. The van der Waals surface area contributed by atoms with Gasteiger partial charge in [0.2, 0.25) is 0 Å². The molecule has 0 amide bonds.